The van der Waals surface area contributed by atoms with E-state index in [0.717, 1.165) is 44.3 Å². The molecule has 196 valence electrons. The van der Waals surface area contributed by atoms with Gasteiger partial charge in [-0.25, -0.2) is 14.4 Å². The molecule has 2 aliphatic rings. The molecule has 5 rings (SSSR count). The van der Waals surface area contributed by atoms with Crippen molar-refractivity contribution in [1.29, 1.82) is 0 Å². The lowest BCUT2D eigenvalue weighted by Gasteiger charge is -2.32. The molecule has 0 bridgehead atoms. The lowest BCUT2D eigenvalue weighted by atomic mass is 10.1. The van der Waals surface area contributed by atoms with Crippen LogP contribution in [0.25, 0.3) is 10.9 Å². The Morgan fingerprint density at radius 3 is 2.76 bits per heavy atom. The van der Waals surface area contributed by atoms with Crippen LogP contribution < -0.4 is 14.8 Å². The molecule has 3 aromatic rings. The number of carbonyl (C=O) groups excluding carboxylic acids is 1. The van der Waals surface area contributed by atoms with Crippen LogP contribution in [0, 0.1) is 5.82 Å². The van der Waals surface area contributed by atoms with Gasteiger partial charge < -0.3 is 19.5 Å². The molecular weight excluding hydrogens is 519 g/mol. The minimum atomic E-state index is -0.485. The van der Waals surface area contributed by atoms with E-state index < -0.39 is 5.82 Å². The topological polar surface area (TPSA) is 85.8 Å². The zero-order valence-electron chi connectivity index (χ0n) is 20.4. The first-order valence-corrected chi connectivity index (χ1v) is 13.5. The average Bonchev–Trinajstić information content (AvgIpc) is 3.31. The summed E-state index contributed by atoms with van der Waals surface area (Å²) in [6.45, 7) is 3.78. The number of likely N-dealkylation sites (tertiary alicyclic amines) is 1. The number of ether oxygens (including phenoxy) is 3. The standard InChI is InChI=1S/C26H28ClFN4O4S/c1-34-22-14-21-18(25(30-15-29-21)31-16-2-3-20(28)19(27)12-16)13-23(22)35-11-9-32-7-4-17(5-8-32)37-24-6-10-36-26(24)33/h2-3,12-15,17,24H,4-11H2,1H3,(H,29,30,31). The number of cyclic esters (lactones) is 1. The predicted molar refractivity (Wildman–Crippen MR) is 143 cm³/mol. The zero-order valence-corrected chi connectivity index (χ0v) is 22.0. The van der Waals surface area contributed by atoms with Crippen molar-refractivity contribution >= 4 is 51.7 Å². The second kappa shape index (κ2) is 11.7. The number of esters is 1. The number of hydrogen-bond acceptors (Lipinski definition) is 9. The highest BCUT2D eigenvalue weighted by atomic mass is 35.5. The molecular formula is C26H28ClFN4O4S. The van der Waals surface area contributed by atoms with E-state index in [2.05, 4.69) is 20.2 Å². The number of nitrogens with one attached hydrogen (secondary N) is 1. The summed E-state index contributed by atoms with van der Waals surface area (Å²) in [6.07, 6.45) is 4.37. The molecule has 2 saturated heterocycles. The van der Waals surface area contributed by atoms with Gasteiger partial charge in [0, 0.05) is 35.4 Å². The number of piperidine rings is 1. The minimum Gasteiger partial charge on any atom is -0.493 e. The number of thioether (sulfide) groups is 1. The minimum absolute atomic E-state index is 0.00339. The second-order valence-electron chi connectivity index (χ2n) is 8.97. The Morgan fingerprint density at radius 1 is 1.19 bits per heavy atom. The van der Waals surface area contributed by atoms with Crippen molar-refractivity contribution < 1.29 is 23.4 Å². The number of methoxy groups -OCH3 is 1. The molecule has 37 heavy (non-hydrogen) atoms. The largest absolute Gasteiger partial charge is 0.493 e. The van der Waals surface area contributed by atoms with Crippen molar-refractivity contribution in [1.82, 2.24) is 14.9 Å². The summed E-state index contributed by atoms with van der Waals surface area (Å²) in [4.78, 5) is 22.8. The highest BCUT2D eigenvalue weighted by Crippen LogP contribution is 2.35. The third-order valence-corrected chi connectivity index (χ3v) is 8.45. The van der Waals surface area contributed by atoms with Gasteiger partial charge >= 0.3 is 5.97 Å². The van der Waals surface area contributed by atoms with E-state index >= 15 is 0 Å². The van der Waals surface area contributed by atoms with Crippen molar-refractivity contribution in [2.24, 2.45) is 0 Å². The molecule has 1 unspecified atom stereocenters. The Bertz CT molecular complexity index is 1270. The quantitative estimate of drug-likeness (QED) is 0.370. The molecule has 2 aliphatic heterocycles. The fraction of sp³-hybridized carbons (Fsp3) is 0.423. The molecule has 2 fully saturated rings. The van der Waals surface area contributed by atoms with Gasteiger partial charge in [0.25, 0.3) is 0 Å². The Labute approximate surface area is 223 Å². The molecule has 1 aromatic heterocycles. The molecule has 0 radical (unpaired) electrons. The Morgan fingerprint density at radius 2 is 2.03 bits per heavy atom. The summed E-state index contributed by atoms with van der Waals surface area (Å²) in [5.74, 6) is 1.18. The van der Waals surface area contributed by atoms with Crippen LogP contribution in [0.2, 0.25) is 5.02 Å². The van der Waals surface area contributed by atoms with E-state index in [-0.39, 0.29) is 16.2 Å². The number of aromatic nitrogens is 2. The Hall–Kier alpha value is -2.82. The average molecular weight is 547 g/mol. The number of carbonyl (C=O) groups is 1. The van der Waals surface area contributed by atoms with E-state index in [9.17, 15) is 9.18 Å². The monoisotopic (exact) mass is 546 g/mol. The van der Waals surface area contributed by atoms with Gasteiger partial charge in [-0.05, 0) is 50.2 Å². The normalized spacial score (nSPS) is 18.7. The number of nitrogens with zero attached hydrogens (tertiary/aromatic N) is 3. The van der Waals surface area contributed by atoms with E-state index in [1.165, 1.54) is 18.5 Å². The first-order chi connectivity index (χ1) is 18.0. The molecule has 3 heterocycles. The molecule has 0 amide bonds. The third kappa shape index (κ3) is 6.19. The number of fused-ring (bicyclic) bond motifs is 1. The van der Waals surface area contributed by atoms with Gasteiger partial charge in [-0.3, -0.25) is 9.69 Å². The number of rotatable bonds is 9. The summed E-state index contributed by atoms with van der Waals surface area (Å²) in [5, 5.41) is 4.44. The van der Waals surface area contributed by atoms with E-state index in [1.807, 2.05) is 12.1 Å². The maximum atomic E-state index is 13.6. The zero-order chi connectivity index (χ0) is 25.8. The first-order valence-electron chi connectivity index (χ1n) is 12.2. The second-order valence-corrected chi connectivity index (χ2v) is 10.9. The highest BCUT2D eigenvalue weighted by molar-refractivity contribution is 8.01. The van der Waals surface area contributed by atoms with Gasteiger partial charge in [0.15, 0.2) is 11.5 Å². The molecule has 1 atom stereocenters. The van der Waals surface area contributed by atoms with E-state index in [1.54, 1.807) is 24.9 Å². The van der Waals surface area contributed by atoms with Crippen molar-refractivity contribution in [3.8, 4) is 11.5 Å². The van der Waals surface area contributed by atoms with Crippen LogP contribution in [-0.2, 0) is 9.53 Å². The number of halogens is 2. The van der Waals surface area contributed by atoms with Crippen LogP contribution in [0.3, 0.4) is 0 Å². The van der Waals surface area contributed by atoms with Crippen molar-refractivity contribution in [3.05, 3.63) is 47.5 Å². The Balaban J connectivity index is 1.21. The predicted octanol–water partition coefficient (Wildman–Crippen LogP) is 5.07. The summed E-state index contributed by atoms with van der Waals surface area (Å²) < 4.78 is 30.3. The van der Waals surface area contributed by atoms with Gasteiger partial charge in [0.1, 0.15) is 29.8 Å². The van der Waals surface area contributed by atoms with Crippen LogP contribution >= 0.6 is 23.4 Å². The molecule has 1 N–H and O–H groups in total. The SMILES string of the molecule is COc1cc2ncnc(Nc3ccc(F)c(Cl)c3)c2cc1OCCN1CCC(SC2CCOC2=O)CC1. The highest BCUT2D eigenvalue weighted by Gasteiger charge is 2.31. The van der Waals surface area contributed by atoms with Gasteiger partial charge in [-0.1, -0.05) is 11.6 Å². The van der Waals surface area contributed by atoms with Gasteiger partial charge in [-0.15, -0.1) is 11.8 Å². The number of anilines is 2. The lowest BCUT2D eigenvalue weighted by Crippen LogP contribution is -2.38. The van der Waals surface area contributed by atoms with Crippen molar-refractivity contribution in [2.75, 3.05) is 45.3 Å². The third-order valence-electron chi connectivity index (χ3n) is 6.55. The fourth-order valence-electron chi connectivity index (χ4n) is 4.53. The summed E-state index contributed by atoms with van der Waals surface area (Å²) in [7, 11) is 1.59. The van der Waals surface area contributed by atoms with E-state index in [0.29, 0.717) is 47.0 Å². The summed E-state index contributed by atoms with van der Waals surface area (Å²) in [6, 6.07) is 8.07. The number of hydrogen-bond donors (Lipinski definition) is 1. The van der Waals surface area contributed by atoms with Gasteiger partial charge in [0.2, 0.25) is 0 Å². The molecule has 2 aromatic carbocycles. The summed E-state index contributed by atoms with van der Waals surface area (Å²) in [5.41, 5.74) is 1.29. The van der Waals surface area contributed by atoms with E-state index in [4.69, 9.17) is 25.8 Å². The molecule has 11 heteroatoms. The van der Waals surface area contributed by atoms with Gasteiger partial charge in [-0.2, -0.15) is 0 Å². The fourth-order valence-corrected chi connectivity index (χ4v) is 6.07. The van der Waals surface area contributed by atoms with Crippen molar-refractivity contribution in [2.45, 2.75) is 29.8 Å². The van der Waals surface area contributed by atoms with Crippen LogP contribution in [0.5, 0.6) is 11.5 Å². The summed E-state index contributed by atoms with van der Waals surface area (Å²) >= 11 is 7.70. The molecule has 0 aliphatic carbocycles. The molecule has 0 saturated carbocycles. The van der Waals surface area contributed by atoms with Crippen LogP contribution in [0.4, 0.5) is 15.9 Å². The smallest absolute Gasteiger partial charge is 0.319 e. The van der Waals surface area contributed by atoms with Crippen LogP contribution in [-0.4, -0.2) is 71.3 Å². The van der Waals surface area contributed by atoms with Crippen LogP contribution in [0.15, 0.2) is 36.7 Å². The van der Waals surface area contributed by atoms with Gasteiger partial charge in [0.05, 0.1) is 24.3 Å². The lowest BCUT2D eigenvalue weighted by molar-refractivity contribution is -0.137. The van der Waals surface area contributed by atoms with Crippen molar-refractivity contribution in [3.63, 3.8) is 0 Å². The molecule has 8 nitrogen and oxygen atoms in total. The maximum absolute atomic E-state index is 13.6. The first kappa shape index (κ1) is 25.8. The maximum Gasteiger partial charge on any atom is 0.319 e. The molecule has 0 spiro atoms. The Kier molecular flexibility index (Phi) is 8.17. The van der Waals surface area contributed by atoms with Crippen LogP contribution in [0.1, 0.15) is 19.3 Å². The number of benzene rings is 2.